The van der Waals surface area contributed by atoms with E-state index in [0.717, 1.165) is 29.9 Å². The van der Waals surface area contributed by atoms with Crippen LogP contribution in [-0.2, 0) is 0 Å². The third kappa shape index (κ3) is 3.55. The van der Waals surface area contributed by atoms with E-state index in [1.165, 1.54) is 11.1 Å². The molecular formula is C18H21ClO. The van der Waals surface area contributed by atoms with E-state index in [2.05, 4.69) is 39.0 Å². The highest BCUT2D eigenvalue weighted by Crippen LogP contribution is 2.31. The van der Waals surface area contributed by atoms with Crippen molar-refractivity contribution in [2.45, 2.75) is 32.6 Å². The fourth-order valence-corrected chi connectivity index (χ4v) is 2.37. The fraction of sp³-hybridized carbons (Fsp3) is 0.333. The lowest BCUT2D eigenvalue weighted by Gasteiger charge is -2.14. The van der Waals surface area contributed by atoms with Gasteiger partial charge >= 0.3 is 0 Å². The Bertz CT molecular complexity index is 577. The molecule has 0 spiro atoms. The summed E-state index contributed by atoms with van der Waals surface area (Å²) in [5.41, 5.74) is 4.76. The van der Waals surface area contributed by atoms with Crippen molar-refractivity contribution < 1.29 is 4.74 Å². The van der Waals surface area contributed by atoms with Crippen LogP contribution in [0.2, 0.25) is 0 Å². The van der Waals surface area contributed by atoms with E-state index in [-0.39, 0.29) is 5.38 Å². The standard InChI is InChI=1S/C18H21ClO/c1-4-10-20-17-7-5-6-15(12-17)18(19)16-9-8-13(2)14(3)11-16/h5-9,11-12,18H,4,10H2,1-3H3. The number of aryl methyl sites for hydroxylation is 2. The molecule has 0 aliphatic rings. The predicted octanol–water partition coefficient (Wildman–Crippen LogP) is 5.42. The zero-order valence-corrected chi connectivity index (χ0v) is 13.1. The van der Waals surface area contributed by atoms with Crippen LogP contribution in [0.15, 0.2) is 42.5 Å². The lowest BCUT2D eigenvalue weighted by atomic mass is 10.00. The molecular weight excluding hydrogens is 268 g/mol. The number of hydrogen-bond acceptors (Lipinski definition) is 1. The topological polar surface area (TPSA) is 9.23 Å². The third-order valence-electron chi connectivity index (χ3n) is 3.45. The minimum Gasteiger partial charge on any atom is -0.494 e. The summed E-state index contributed by atoms with van der Waals surface area (Å²) in [7, 11) is 0. The maximum absolute atomic E-state index is 6.61. The molecule has 1 nitrogen and oxygen atoms in total. The van der Waals surface area contributed by atoms with Gasteiger partial charge in [0.25, 0.3) is 0 Å². The van der Waals surface area contributed by atoms with Crippen LogP contribution in [0, 0.1) is 13.8 Å². The summed E-state index contributed by atoms with van der Waals surface area (Å²) in [5.74, 6) is 0.888. The van der Waals surface area contributed by atoms with Gasteiger partial charge in [-0.15, -0.1) is 11.6 Å². The molecule has 106 valence electrons. The van der Waals surface area contributed by atoms with E-state index in [1.54, 1.807) is 0 Å². The fourth-order valence-electron chi connectivity index (χ4n) is 2.10. The molecule has 0 aliphatic carbocycles. The number of alkyl halides is 1. The second-order valence-corrected chi connectivity index (χ2v) is 5.56. The molecule has 0 saturated carbocycles. The summed E-state index contributed by atoms with van der Waals surface area (Å²) in [4.78, 5) is 0. The minimum atomic E-state index is -0.139. The van der Waals surface area contributed by atoms with E-state index in [9.17, 15) is 0 Å². The molecule has 0 bridgehead atoms. The quantitative estimate of drug-likeness (QED) is 0.668. The molecule has 0 radical (unpaired) electrons. The molecule has 2 rings (SSSR count). The van der Waals surface area contributed by atoms with Crippen molar-refractivity contribution in [3.63, 3.8) is 0 Å². The number of hydrogen-bond donors (Lipinski definition) is 0. The highest BCUT2D eigenvalue weighted by atomic mass is 35.5. The van der Waals surface area contributed by atoms with Crippen molar-refractivity contribution >= 4 is 11.6 Å². The van der Waals surface area contributed by atoms with Crippen LogP contribution in [-0.4, -0.2) is 6.61 Å². The highest BCUT2D eigenvalue weighted by molar-refractivity contribution is 6.22. The van der Waals surface area contributed by atoms with Crippen molar-refractivity contribution in [3.05, 3.63) is 64.7 Å². The predicted molar refractivity (Wildman–Crippen MR) is 85.8 cm³/mol. The van der Waals surface area contributed by atoms with Crippen LogP contribution >= 0.6 is 11.6 Å². The Labute approximate surface area is 126 Å². The van der Waals surface area contributed by atoms with Gasteiger partial charge in [-0.25, -0.2) is 0 Å². The first-order chi connectivity index (χ1) is 9.61. The van der Waals surface area contributed by atoms with Crippen molar-refractivity contribution in [3.8, 4) is 5.75 Å². The monoisotopic (exact) mass is 288 g/mol. The Hall–Kier alpha value is -1.47. The van der Waals surface area contributed by atoms with Gasteiger partial charge in [-0.05, 0) is 54.7 Å². The van der Waals surface area contributed by atoms with Crippen LogP contribution in [0.3, 0.4) is 0 Å². The second kappa shape index (κ2) is 6.81. The average Bonchev–Trinajstić information content (AvgIpc) is 2.47. The molecule has 1 unspecified atom stereocenters. The largest absolute Gasteiger partial charge is 0.494 e. The Balaban J connectivity index is 2.23. The van der Waals surface area contributed by atoms with Crippen LogP contribution < -0.4 is 4.74 Å². The SMILES string of the molecule is CCCOc1cccc(C(Cl)c2ccc(C)c(C)c2)c1. The Morgan fingerprint density at radius 3 is 2.45 bits per heavy atom. The zero-order chi connectivity index (χ0) is 14.5. The lowest BCUT2D eigenvalue weighted by molar-refractivity contribution is 0.317. The van der Waals surface area contributed by atoms with Gasteiger partial charge in [0, 0.05) is 0 Å². The number of rotatable bonds is 5. The summed E-state index contributed by atoms with van der Waals surface area (Å²) in [6, 6.07) is 14.4. The number of halogens is 1. The molecule has 0 aromatic heterocycles. The van der Waals surface area contributed by atoms with Crippen molar-refractivity contribution in [1.29, 1.82) is 0 Å². The van der Waals surface area contributed by atoms with Gasteiger partial charge in [-0.2, -0.15) is 0 Å². The van der Waals surface area contributed by atoms with E-state index >= 15 is 0 Å². The summed E-state index contributed by atoms with van der Waals surface area (Å²) in [6.07, 6.45) is 1.01. The molecule has 2 heteroatoms. The van der Waals surface area contributed by atoms with Gasteiger partial charge < -0.3 is 4.74 Å². The number of benzene rings is 2. The molecule has 0 saturated heterocycles. The smallest absolute Gasteiger partial charge is 0.119 e. The minimum absolute atomic E-state index is 0.139. The van der Waals surface area contributed by atoms with Crippen LogP contribution in [0.4, 0.5) is 0 Å². The first-order valence-corrected chi connectivity index (χ1v) is 7.49. The first-order valence-electron chi connectivity index (χ1n) is 7.05. The molecule has 2 aromatic rings. The van der Waals surface area contributed by atoms with Crippen molar-refractivity contribution in [1.82, 2.24) is 0 Å². The summed E-state index contributed by atoms with van der Waals surface area (Å²) in [5, 5.41) is -0.139. The molecule has 0 amide bonds. The van der Waals surface area contributed by atoms with Crippen molar-refractivity contribution in [2.75, 3.05) is 6.61 Å². The van der Waals surface area contributed by atoms with Gasteiger partial charge in [0.1, 0.15) is 5.75 Å². The molecule has 2 aromatic carbocycles. The molecule has 1 atom stereocenters. The van der Waals surface area contributed by atoms with E-state index in [1.807, 2.05) is 24.3 Å². The first kappa shape index (κ1) is 14.9. The Kier molecular flexibility index (Phi) is 5.08. The number of ether oxygens (including phenoxy) is 1. The molecule has 0 N–H and O–H groups in total. The average molecular weight is 289 g/mol. The summed E-state index contributed by atoms with van der Waals surface area (Å²) >= 11 is 6.61. The van der Waals surface area contributed by atoms with Gasteiger partial charge in [-0.3, -0.25) is 0 Å². The normalized spacial score (nSPS) is 12.2. The maximum atomic E-state index is 6.61. The summed E-state index contributed by atoms with van der Waals surface area (Å²) < 4.78 is 5.67. The molecule has 0 aliphatic heterocycles. The van der Waals surface area contributed by atoms with E-state index in [4.69, 9.17) is 16.3 Å². The van der Waals surface area contributed by atoms with Gasteiger partial charge in [0.2, 0.25) is 0 Å². The maximum Gasteiger partial charge on any atom is 0.119 e. The molecule has 0 heterocycles. The van der Waals surface area contributed by atoms with Crippen molar-refractivity contribution in [2.24, 2.45) is 0 Å². The van der Waals surface area contributed by atoms with Gasteiger partial charge in [0.05, 0.1) is 12.0 Å². The third-order valence-corrected chi connectivity index (χ3v) is 3.95. The second-order valence-electron chi connectivity index (χ2n) is 5.13. The van der Waals surface area contributed by atoms with Gasteiger partial charge in [0.15, 0.2) is 0 Å². The van der Waals surface area contributed by atoms with Gasteiger partial charge in [-0.1, -0.05) is 37.3 Å². The summed E-state index contributed by atoms with van der Waals surface area (Å²) in [6.45, 7) is 7.06. The van der Waals surface area contributed by atoms with E-state index < -0.39 is 0 Å². The highest BCUT2D eigenvalue weighted by Gasteiger charge is 2.12. The van der Waals surface area contributed by atoms with Crippen LogP contribution in [0.25, 0.3) is 0 Å². The Morgan fingerprint density at radius 1 is 1.00 bits per heavy atom. The lowest BCUT2D eigenvalue weighted by Crippen LogP contribution is -1.98. The van der Waals surface area contributed by atoms with Crippen LogP contribution in [0.1, 0.15) is 41.0 Å². The zero-order valence-electron chi connectivity index (χ0n) is 12.3. The molecule has 0 fully saturated rings. The van der Waals surface area contributed by atoms with Crippen LogP contribution in [0.5, 0.6) is 5.75 Å². The molecule has 20 heavy (non-hydrogen) atoms. The Morgan fingerprint density at radius 2 is 1.75 bits per heavy atom. The van der Waals surface area contributed by atoms with E-state index in [0.29, 0.717) is 0 Å².